The zero-order valence-electron chi connectivity index (χ0n) is 21.9. The number of carbonyl (C=O) groups is 2. The second-order valence-electron chi connectivity index (χ2n) is 9.34. The van der Waals surface area contributed by atoms with Crippen LogP contribution in [0.3, 0.4) is 0 Å². The summed E-state index contributed by atoms with van der Waals surface area (Å²) in [6, 6.07) is 17.2. The molecule has 0 aliphatic carbocycles. The Hall–Kier alpha value is -4.79. The van der Waals surface area contributed by atoms with E-state index in [2.05, 4.69) is 0 Å². The van der Waals surface area contributed by atoms with Crippen molar-refractivity contribution < 1.29 is 28.2 Å². The normalized spacial score (nSPS) is 14.4. The van der Waals surface area contributed by atoms with E-state index >= 15 is 0 Å². The molecule has 0 saturated carbocycles. The van der Waals surface area contributed by atoms with Crippen LogP contribution in [0.15, 0.2) is 69.9 Å². The Balaban J connectivity index is 1.55. The van der Waals surface area contributed by atoms with E-state index in [4.69, 9.17) is 24.4 Å². The van der Waals surface area contributed by atoms with Gasteiger partial charge in [0.2, 0.25) is 5.76 Å². The van der Waals surface area contributed by atoms with Crippen molar-refractivity contribution >= 4 is 22.8 Å². The van der Waals surface area contributed by atoms with Crippen molar-refractivity contribution in [2.45, 2.75) is 19.4 Å². The molecule has 5 rings (SSSR count). The summed E-state index contributed by atoms with van der Waals surface area (Å²) in [6.07, 6.45) is 0.503. The van der Waals surface area contributed by atoms with E-state index in [1.54, 1.807) is 55.5 Å². The molecular weight excluding hydrogens is 500 g/mol. The molecule has 0 saturated heterocycles. The lowest BCUT2D eigenvalue weighted by atomic mass is 9.98. The molecule has 3 aromatic carbocycles. The first-order chi connectivity index (χ1) is 18.8. The number of nitrogens with two attached hydrogens (primary N) is 1. The zero-order valence-corrected chi connectivity index (χ0v) is 21.9. The van der Waals surface area contributed by atoms with Gasteiger partial charge in [0.1, 0.15) is 11.3 Å². The second kappa shape index (κ2) is 10.5. The molecule has 0 fully saturated rings. The van der Waals surface area contributed by atoms with E-state index < -0.39 is 11.9 Å². The van der Waals surface area contributed by atoms with Crippen LogP contribution in [0, 0.1) is 6.92 Å². The molecule has 0 radical (unpaired) electrons. The van der Waals surface area contributed by atoms with Crippen LogP contribution in [0.5, 0.6) is 17.2 Å². The highest BCUT2D eigenvalue weighted by Gasteiger charge is 2.42. The van der Waals surface area contributed by atoms with Crippen LogP contribution >= 0.6 is 0 Å². The maximum atomic E-state index is 13.8. The van der Waals surface area contributed by atoms with Crippen LogP contribution in [0.4, 0.5) is 0 Å². The fourth-order valence-corrected chi connectivity index (χ4v) is 4.90. The number of hydrogen-bond donors (Lipinski definition) is 1. The molecule has 2 N–H and O–H groups in total. The van der Waals surface area contributed by atoms with Crippen molar-refractivity contribution in [2.24, 2.45) is 5.73 Å². The Morgan fingerprint density at radius 3 is 2.41 bits per heavy atom. The van der Waals surface area contributed by atoms with Crippen molar-refractivity contribution in [3.63, 3.8) is 0 Å². The van der Waals surface area contributed by atoms with E-state index in [0.717, 1.165) is 11.1 Å². The summed E-state index contributed by atoms with van der Waals surface area (Å²) in [4.78, 5) is 40.2. The summed E-state index contributed by atoms with van der Waals surface area (Å²) in [5.74, 6) is 0.745. The van der Waals surface area contributed by atoms with Gasteiger partial charge in [0.25, 0.3) is 11.8 Å². The van der Waals surface area contributed by atoms with Crippen molar-refractivity contribution in [2.75, 3.05) is 27.4 Å². The number of aryl methyl sites for hydroxylation is 1. The third-order valence-corrected chi connectivity index (χ3v) is 6.79. The minimum absolute atomic E-state index is 0.0442. The Labute approximate surface area is 224 Å². The SMILES string of the molecule is COc1ccc(CCN2C(=O)c3oc4ccc(C)cc4c(=O)c3C2c2ccc(OCC(N)=O)cc2)cc1OC. The third-order valence-electron chi connectivity index (χ3n) is 6.79. The Bertz CT molecular complexity index is 1630. The smallest absolute Gasteiger partial charge is 0.290 e. The first-order valence-corrected chi connectivity index (χ1v) is 12.4. The Kier molecular flexibility index (Phi) is 6.98. The van der Waals surface area contributed by atoms with Gasteiger partial charge >= 0.3 is 0 Å². The topological polar surface area (TPSA) is 121 Å². The molecule has 4 aromatic rings. The quantitative estimate of drug-likeness (QED) is 0.351. The highest BCUT2D eigenvalue weighted by Crippen LogP contribution is 2.39. The molecule has 9 heteroatoms. The van der Waals surface area contributed by atoms with Gasteiger partial charge in [0.15, 0.2) is 23.5 Å². The molecule has 1 aliphatic heterocycles. The van der Waals surface area contributed by atoms with E-state index in [-0.39, 0.29) is 23.7 Å². The third kappa shape index (κ3) is 4.90. The van der Waals surface area contributed by atoms with E-state index in [1.807, 2.05) is 31.2 Å². The summed E-state index contributed by atoms with van der Waals surface area (Å²) in [6.45, 7) is 1.96. The predicted octanol–water partition coefficient (Wildman–Crippen LogP) is 3.77. The monoisotopic (exact) mass is 528 g/mol. The standard InChI is InChI=1S/C30H28N2O7/c1-17-4-10-22-21(14-17)28(34)26-27(19-6-8-20(9-7-19)38-16-25(31)33)32(30(35)29(26)39-22)13-12-18-5-11-23(36-2)24(15-18)37-3/h4-11,14-15,27H,12-13,16H2,1-3H3,(H2,31,33). The molecule has 9 nitrogen and oxygen atoms in total. The Morgan fingerprint density at radius 2 is 1.72 bits per heavy atom. The van der Waals surface area contributed by atoms with Gasteiger partial charge in [-0.15, -0.1) is 0 Å². The van der Waals surface area contributed by atoms with Gasteiger partial charge in [-0.2, -0.15) is 0 Å². The summed E-state index contributed by atoms with van der Waals surface area (Å²) < 4.78 is 22.2. The maximum Gasteiger partial charge on any atom is 0.290 e. The fourth-order valence-electron chi connectivity index (χ4n) is 4.90. The highest BCUT2D eigenvalue weighted by molar-refractivity contribution is 5.99. The number of primary amides is 1. The maximum absolute atomic E-state index is 13.8. The lowest BCUT2D eigenvalue weighted by molar-refractivity contribution is -0.119. The van der Waals surface area contributed by atoms with E-state index in [1.165, 1.54) is 0 Å². The van der Waals surface area contributed by atoms with Gasteiger partial charge in [0, 0.05) is 6.54 Å². The van der Waals surface area contributed by atoms with Crippen LogP contribution in [0.2, 0.25) is 0 Å². The molecule has 39 heavy (non-hydrogen) atoms. The van der Waals surface area contributed by atoms with Crippen LogP contribution in [0.25, 0.3) is 11.0 Å². The van der Waals surface area contributed by atoms with Crippen LogP contribution < -0.4 is 25.4 Å². The number of fused-ring (bicyclic) bond motifs is 2. The zero-order chi connectivity index (χ0) is 27.7. The minimum Gasteiger partial charge on any atom is -0.493 e. The summed E-state index contributed by atoms with van der Waals surface area (Å²) >= 11 is 0. The van der Waals surface area contributed by atoms with E-state index in [9.17, 15) is 14.4 Å². The molecule has 200 valence electrons. The molecule has 1 aliphatic rings. The van der Waals surface area contributed by atoms with Crippen molar-refractivity contribution in [1.29, 1.82) is 0 Å². The minimum atomic E-state index is -0.668. The van der Waals surface area contributed by atoms with Gasteiger partial charge < -0.3 is 29.3 Å². The first kappa shape index (κ1) is 25.8. The summed E-state index contributed by atoms with van der Waals surface area (Å²) in [5, 5.41) is 0.426. The molecule has 1 aromatic heterocycles. The first-order valence-electron chi connectivity index (χ1n) is 12.4. The Morgan fingerprint density at radius 1 is 0.974 bits per heavy atom. The largest absolute Gasteiger partial charge is 0.493 e. The van der Waals surface area contributed by atoms with Gasteiger partial charge in [0.05, 0.1) is 31.2 Å². The molecule has 2 heterocycles. The number of ether oxygens (including phenoxy) is 3. The lowest BCUT2D eigenvalue weighted by Crippen LogP contribution is -2.31. The number of hydrogen-bond acceptors (Lipinski definition) is 7. The van der Waals surface area contributed by atoms with Gasteiger partial charge in [-0.25, -0.2) is 0 Å². The number of carbonyl (C=O) groups excluding carboxylic acids is 2. The lowest BCUT2D eigenvalue weighted by Gasteiger charge is -2.25. The fraction of sp³-hybridized carbons (Fsp3) is 0.233. The van der Waals surface area contributed by atoms with Gasteiger partial charge in [-0.05, 0) is 60.9 Å². The molecule has 0 spiro atoms. The summed E-state index contributed by atoms with van der Waals surface area (Å²) in [5.41, 5.74) is 8.17. The van der Waals surface area contributed by atoms with E-state index in [0.29, 0.717) is 52.3 Å². The molecule has 1 unspecified atom stereocenters. The van der Waals surface area contributed by atoms with Gasteiger partial charge in [-0.3, -0.25) is 14.4 Å². The number of amides is 2. The average molecular weight is 529 g/mol. The molecular formula is C30H28N2O7. The van der Waals surface area contributed by atoms with Crippen LogP contribution in [-0.2, 0) is 11.2 Å². The highest BCUT2D eigenvalue weighted by atomic mass is 16.5. The molecule has 0 bridgehead atoms. The van der Waals surface area contributed by atoms with Gasteiger partial charge in [-0.1, -0.05) is 29.8 Å². The average Bonchev–Trinajstić information content (AvgIpc) is 3.22. The van der Waals surface area contributed by atoms with Crippen molar-refractivity contribution in [3.05, 3.63) is 98.9 Å². The molecule has 1 atom stereocenters. The van der Waals surface area contributed by atoms with Crippen LogP contribution in [0.1, 0.15) is 38.9 Å². The number of methoxy groups -OCH3 is 2. The summed E-state index contributed by atoms with van der Waals surface area (Å²) in [7, 11) is 3.14. The predicted molar refractivity (Wildman–Crippen MR) is 144 cm³/mol. The number of benzene rings is 3. The van der Waals surface area contributed by atoms with Crippen molar-refractivity contribution in [1.82, 2.24) is 4.90 Å². The number of nitrogens with zero attached hydrogens (tertiary/aromatic N) is 1. The second-order valence-corrected chi connectivity index (χ2v) is 9.34. The van der Waals surface area contributed by atoms with Crippen LogP contribution in [-0.4, -0.2) is 44.1 Å². The number of rotatable bonds is 9. The van der Waals surface area contributed by atoms with Crippen molar-refractivity contribution in [3.8, 4) is 17.2 Å². The molecule has 2 amide bonds.